The molecule has 0 aliphatic rings. The van der Waals surface area contributed by atoms with Crippen LogP contribution in [0.2, 0.25) is 0 Å². The molecule has 5 heteroatoms. The molecule has 0 aliphatic carbocycles. The number of benzene rings is 6. The second-order valence-corrected chi connectivity index (χ2v) is 19.4. The molecule has 0 bridgehead atoms. The van der Waals surface area contributed by atoms with Crippen LogP contribution < -0.4 is 0 Å². The minimum atomic E-state index is -2.54. The van der Waals surface area contributed by atoms with Crippen molar-refractivity contribution in [3.05, 3.63) is 167 Å². The molecular formula is C58H60N3OPt-. The number of aromatic nitrogens is 3. The number of rotatable bonds is 8. The van der Waals surface area contributed by atoms with Gasteiger partial charge in [0.05, 0.1) is 22.3 Å². The molecule has 1 N–H and O–H groups in total. The molecule has 0 spiro atoms. The van der Waals surface area contributed by atoms with Gasteiger partial charge in [0.1, 0.15) is 11.6 Å². The molecule has 0 amide bonds. The van der Waals surface area contributed by atoms with E-state index in [4.69, 9.17) is 15.5 Å². The maximum Gasteiger partial charge on any atom is 0.148 e. The molecule has 324 valence electrons. The predicted molar refractivity (Wildman–Crippen MR) is 262 cm³/mol. The van der Waals surface area contributed by atoms with Crippen LogP contribution in [-0.4, -0.2) is 19.6 Å². The maximum absolute atomic E-state index is 11.7. The van der Waals surface area contributed by atoms with Crippen LogP contribution in [0.5, 0.6) is 5.75 Å². The average molecular weight is 1010 g/mol. The van der Waals surface area contributed by atoms with Crippen LogP contribution in [0.3, 0.4) is 0 Å². The number of imidazole rings is 1. The van der Waals surface area contributed by atoms with Gasteiger partial charge in [-0.1, -0.05) is 159 Å². The summed E-state index contributed by atoms with van der Waals surface area (Å²) in [6, 6.07) is 44.0. The van der Waals surface area contributed by atoms with E-state index in [0.29, 0.717) is 28.1 Å². The summed E-state index contributed by atoms with van der Waals surface area (Å²) in [4.78, 5) is 10.3. The summed E-state index contributed by atoms with van der Waals surface area (Å²) < 4.78 is 37.9. The van der Waals surface area contributed by atoms with Crippen LogP contribution in [0, 0.1) is 19.8 Å². The molecule has 2 aromatic heterocycles. The number of hydrogen-bond donors (Lipinski definition) is 1. The summed E-state index contributed by atoms with van der Waals surface area (Å²) in [5, 5.41) is 11.7. The standard InChI is InChI=1S/C58H60N3O.Pt/c1-35(2)42-27-43(36(3)4)29-44(28-42)40-20-22-52(38(6)26-40)61-53-15-13-14-49(55(53)60-56(61)50-34-47(57(7,8)9)21-23-54(50)62)45-30-46(32-48(31-45)58(10,11)12)51-33-41(24-25-59-51)39-18-16-37(5)17-19-39;/h13-29,31-36,62H,1-12H3;/q-1;/i6D3,35D;. The summed E-state index contributed by atoms with van der Waals surface area (Å²) >= 11 is 0. The SMILES string of the molecule is [2H]C([2H])([2H])c1cc(-c2cc(C(C)C)cc(C([2H])(C)C)c2)ccc1-n1c(-c2cc(C(C)(C)C)ccc2O)nc2c(-c3[c-]c(-c4cc(-c5ccc(C)cc5)ccn4)cc(C(C)(C)C)c3)cccc21.[Pt]. The molecule has 0 saturated heterocycles. The smallest absolute Gasteiger partial charge is 0.148 e. The van der Waals surface area contributed by atoms with E-state index in [-0.39, 0.29) is 49.1 Å². The molecule has 2 heterocycles. The molecule has 0 unspecified atom stereocenters. The largest absolute Gasteiger partial charge is 0.507 e. The van der Waals surface area contributed by atoms with Gasteiger partial charge in [-0.15, -0.1) is 29.3 Å². The van der Waals surface area contributed by atoms with Gasteiger partial charge in [0.25, 0.3) is 0 Å². The number of fused-ring (bicyclic) bond motifs is 1. The number of para-hydroxylation sites is 1. The van der Waals surface area contributed by atoms with Crippen molar-refractivity contribution >= 4 is 11.0 Å². The molecule has 8 rings (SSSR count). The number of nitrogens with zero attached hydrogens (tertiary/aromatic N) is 3. The third kappa shape index (κ3) is 9.25. The van der Waals surface area contributed by atoms with Gasteiger partial charge in [-0.2, -0.15) is 0 Å². The van der Waals surface area contributed by atoms with E-state index < -0.39 is 12.7 Å². The fourth-order valence-electron chi connectivity index (χ4n) is 8.06. The van der Waals surface area contributed by atoms with Crippen molar-refractivity contribution in [2.75, 3.05) is 0 Å². The van der Waals surface area contributed by atoms with Crippen molar-refractivity contribution in [3.8, 4) is 67.5 Å². The molecule has 63 heavy (non-hydrogen) atoms. The van der Waals surface area contributed by atoms with Crippen molar-refractivity contribution in [2.45, 2.75) is 106 Å². The first kappa shape index (κ1) is 40.2. The molecule has 0 aliphatic heterocycles. The van der Waals surface area contributed by atoms with Crippen LogP contribution in [0.1, 0.15) is 120 Å². The molecule has 0 saturated carbocycles. The van der Waals surface area contributed by atoms with Gasteiger partial charge in [-0.05, 0) is 117 Å². The Hall–Kier alpha value is -5.57. The third-order valence-corrected chi connectivity index (χ3v) is 12.0. The van der Waals surface area contributed by atoms with Gasteiger partial charge in [0.2, 0.25) is 0 Å². The van der Waals surface area contributed by atoms with Gasteiger partial charge in [0, 0.05) is 38.4 Å². The zero-order chi connectivity index (χ0) is 47.7. The predicted octanol–water partition coefficient (Wildman–Crippen LogP) is 15.7. The van der Waals surface area contributed by atoms with Gasteiger partial charge in [-0.25, -0.2) is 4.98 Å². The van der Waals surface area contributed by atoms with E-state index in [1.807, 2.05) is 79.2 Å². The maximum atomic E-state index is 11.7. The van der Waals surface area contributed by atoms with E-state index >= 15 is 0 Å². The van der Waals surface area contributed by atoms with Crippen LogP contribution in [-0.2, 0) is 31.9 Å². The van der Waals surface area contributed by atoms with Gasteiger partial charge >= 0.3 is 0 Å². The zero-order valence-corrected chi connectivity index (χ0v) is 40.6. The first-order valence-corrected chi connectivity index (χ1v) is 21.6. The van der Waals surface area contributed by atoms with Gasteiger partial charge in [-0.3, -0.25) is 9.55 Å². The molecule has 8 aromatic rings. The number of hydrogen-bond acceptors (Lipinski definition) is 3. The van der Waals surface area contributed by atoms with E-state index in [1.165, 1.54) is 5.56 Å². The Morgan fingerprint density at radius 3 is 2.03 bits per heavy atom. The van der Waals surface area contributed by atoms with Crippen molar-refractivity contribution in [1.82, 2.24) is 14.5 Å². The molecule has 0 fully saturated rings. The quantitative estimate of drug-likeness (QED) is 0.154. The molecule has 0 atom stereocenters. The summed E-state index contributed by atoms with van der Waals surface area (Å²) in [6.07, 6.45) is 1.85. The number of aromatic hydroxyl groups is 1. The number of pyridine rings is 1. The van der Waals surface area contributed by atoms with Gasteiger partial charge < -0.3 is 5.11 Å². The van der Waals surface area contributed by atoms with E-state index in [1.54, 1.807) is 12.1 Å². The monoisotopic (exact) mass is 1010 g/mol. The van der Waals surface area contributed by atoms with E-state index in [2.05, 4.69) is 123 Å². The average Bonchev–Trinajstić information content (AvgIpc) is 3.64. The summed E-state index contributed by atoms with van der Waals surface area (Å²) in [5.41, 5.74) is 14.1. The summed E-state index contributed by atoms with van der Waals surface area (Å²) in [5.74, 6) is -0.202. The second-order valence-electron chi connectivity index (χ2n) is 19.4. The third-order valence-electron chi connectivity index (χ3n) is 12.0. The zero-order valence-electron chi connectivity index (χ0n) is 42.3. The van der Waals surface area contributed by atoms with Crippen LogP contribution >= 0.6 is 0 Å². The van der Waals surface area contributed by atoms with Crippen molar-refractivity contribution in [3.63, 3.8) is 0 Å². The van der Waals surface area contributed by atoms with Crippen LogP contribution in [0.25, 0.3) is 72.7 Å². The summed E-state index contributed by atoms with van der Waals surface area (Å²) in [7, 11) is 0. The fourth-order valence-corrected chi connectivity index (χ4v) is 8.06. The molecule has 4 nitrogen and oxygen atoms in total. The first-order chi connectivity index (χ1) is 30.9. The van der Waals surface area contributed by atoms with Crippen LogP contribution in [0.15, 0.2) is 128 Å². The second kappa shape index (κ2) is 17.5. The van der Waals surface area contributed by atoms with Crippen molar-refractivity contribution in [1.29, 1.82) is 0 Å². The number of aryl methyl sites for hydroxylation is 2. The normalized spacial score (nSPS) is 13.3. The van der Waals surface area contributed by atoms with E-state index in [0.717, 1.165) is 66.9 Å². The molecule has 0 radical (unpaired) electrons. The minimum Gasteiger partial charge on any atom is -0.507 e. The van der Waals surface area contributed by atoms with E-state index in [9.17, 15) is 5.11 Å². The Kier molecular flexibility index (Phi) is 11.2. The Morgan fingerprint density at radius 1 is 0.667 bits per heavy atom. The Morgan fingerprint density at radius 2 is 1.35 bits per heavy atom. The fraction of sp³-hybridized carbons (Fsp3) is 0.276. The molecule has 6 aromatic carbocycles. The Balaban J connectivity index is 0.00000666. The van der Waals surface area contributed by atoms with Crippen LogP contribution in [0.4, 0.5) is 0 Å². The number of phenols is 1. The topological polar surface area (TPSA) is 50.9 Å². The minimum absolute atomic E-state index is 0. The Labute approximate surface area is 395 Å². The van der Waals surface area contributed by atoms with Gasteiger partial charge in [0.15, 0.2) is 0 Å². The first-order valence-electron chi connectivity index (χ1n) is 23.6. The van der Waals surface area contributed by atoms with Crippen molar-refractivity contribution < 1.29 is 31.7 Å². The summed E-state index contributed by atoms with van der Waals surface area (Å²) in [6.45, 7) is 20.5. The van der Waals surface area contributed by atoms with Crippen molar-refractivity contribution in [2.24, 2.45) is 0 Å². The number of phenolic OH excluding ortho intramolecular Hbond substituents is 1. The Bertz CT molecular complexity index is 3130. The molecular weight excluding hydrogens is 950 g/mol.